The summed E-state index contributed by atoms with van der Waals surface area (Å²) >= 11 is 0. The Hall–Kier alpha value is -0.860. The molecule has 1 aromatic rings. The number of rotatable bonds is 9. The van der Waals surface area contributed by atoms with E-state index in [-0.39, 0.29) is 5.54 Å². The van der Waals surface area contributed by atoms with E-state index in [0.29, 0.717) is 0 Å². The van der Waals surface area contributed by atoms with Gasteiger partial charge in [-0.25, -0.2) is 0 Å². The van der Waals surface area contributed by atoms with Crippen LogP contribution in [-0.4, -0.2) is 30.6 Å². The maximum absolute atomic E-state index is 5.98. The number of aryl methyl sites for hydroxylation is 1. The normalized spacial score (nSPS) is 12.1. The number of likely N-dealkylation sites (N-methyl/N-ethyl adjacent to an activating group) is 1. The maximum Gasteiger partial charge on any atom is 0.0323 e. The van der Waals surface area contributed by atoms with Crippen LogP contribution in [0.1, 0.15) is 45.1 Å². The minimum Gasteiger partial charge on any atom is -0.329 e. The van der Waals surface area contributed by atoms with Gasteiger partial charge in [-0.15, -0.1) is 0 Å². The van der Waals surface area contributed by atoms with Crippen LogP contribution in [0.15, 0.2) is 30.3 Å². The van der Waals surface area contributed by atoms with E-state index in [0.717, 1.165) is 25.9 Å². The Morgan fingerprint density at radius 1 is 1.05 bits per heavy atom. The second kappa shape index (κ2) is 8.34. The van der Waals surface area contributed by atoms with E-state index in [2.05, 4.69) is 56.1 Å². The number of nitrogens with zero attached hydrogens (tertiary/aromatic N) is 1. The molecule has 1 rings (SSSR count). The molecule has 0 fully saturated rings. The highest BCUT2D eigenvalue weighted by atomic mass is 15.2. The van der Waals surface area contributed by atoms with Crippen LogP contribution in [0.3, 0.4) is 0 Å². The first-order valence-corrected chi connectivity index (χ1v) is 7.63. The monoisotopic (exact) mass is 262 g/mol. The van der Waals surface area contributed by atoms with Crippen molar-refractivity contribution in [3.05, 3.63) is 35.9 Å². The van der Waals surface area contributed by atoms with Crippen molar-refractivity contribution in [2.45, 2.75) is 51.5 Å². The zero-order valence-corrected chi connectivity index (χ0v) is 12.9. The minimum atomic E-state index is 0.201. The molecule has 0 saturated carbocycles. The highest BCUT2D eigenvalue weighted by Crippen LogP contribution is 2.21. The summed E-state index contributed by atoms with van der Waals surface area (Å²) in [5, 5.41) is 0. The van der Waals surface area contributed by atoms with Gasteiger partial charge in [0.25, 0.3) is 0 Å². The highest BCUT2D eigenvalue weighted by molar-refractivity contribution is 5.14. The number of nitrogens with two attached hydrogens (primary N) is 1. The summed E-state index contributed by atoms with van der Waals surface area (Å²) in [6, 6.07) is 10.7. The Morgan fingerprint density at radius 3 is 2.21 bits per heavy atom. The van der Waals surface area contributed by atoms with Crippen LogP contribution in [0.4, 0.5) is 0 Å². The van der Waals surface area contributed by atoms with Crippen LogP contribution >= 0.6 is 0 Å². The topological polar surface area (TPSA) is 29.3 Å². The van der Waals surface area contributed by atoms with Gasteiger partial charge in [0, 0.05) is 12.1 Å². The first-order chi connectivity index (χ1) is 9.18. The fourth-order valence-electron chi connectivity index (χ4n) is 2.79. The average molecular weight is 262 g/mol. The van der Waals surface area contributed by atoms with Crippen LogP contribution < -0.4 is 5.73 Å². The second-order valence-corrected chi connectivity index (χ2v) is 5.50. The van der Waals surface area contributed by atoms with E-state index < -0.39 is 0 Å². The third-order valence-electron chi connectivity index (χ3n) is 4.56. The number of hydrogen-bond donors (Lipinski definition) is 1. The number of unbranched alkanes of at least 4 members (excludes halogenated alkanes) is 1. The maximum atomic E-state index is 5.98. The Morgan fingerprint density at radius 2 is 1.68 bits per heavy atom. The van der Waals surface area contributed by atoms with Crippen molar-refractivity contribution in [2.75, 3.05) is 20.1 Å². The van der Waals surface area contributed by atoms with Gasteiger partial charge in [-0.2, -0.15) is 0 Å². The molecule has 0 unspecified atom stereocenters. The van der Waals surface area contributed by atoms with Gasteiger partial charge < -0.3 is 5.73 Å². The molecule has 2 nitrogen and oxygen atoms in total. The second-order valence-electron chi connectivity index (χ2n) is 5.50. The fraction of sp³-hybridized carbons (Fsp3) is 0.647. The Kier molecular flexibility index (Phi) is 7.11. The van der Waals surface area contributed by atoms with E-state index in [1.165, 1.54) is 24.8 Å². The van der Waals surface area contributed by atoms with Crippen LogP contribution in [-0.2, 0) is 6.42 Å². The average Bonchev–Trinajstić information content (AvgIpc) is 2.47. The van der Waals surface area contributed by atoms with E-state index in [4.69, 9.17) is 5.73 Å². The SMILES string of the molecule is CCC(CC)(CN)N(C)CCCCc1ccccc1. The number of hydrogen-bond acceptors (Lipinski definition) is 2. The van der Waals surface area contributed by atoms with Gasteiger partial charge in [-0.05, 0) is 51.3 Å². The van der Waals surface area contributed by atoms with Crippen molar-refractivity contribution in [3.8, 4) is 0 Å². The van der Waals surface area contributed by atoms with Gasteiger partial charge in [-0.3, -0.25) is 4.90 Å². The molecule has 0 atom stereocenters. The van der Waals surface area contributed by atoms with Crippen molar-refractivity contribution in [1.82, 2.24) is 4.90 Å². The van der Waals surface area contributed by atoms with E-state index in [1.54, 1.807) is 0 Å². The summed E-state index contributed by atoms with van der Waals surface area (Å²) < 4.78 is 0. The van der Waals surface area contributed by atoms with Crippen molar-refractivity contribution < 1.29 is 0 Å². The van der Waals surface area contributed by atoms with Gasteiger partial charge in [0.1, 0.15) is 0 Å². The van der Waals surface area contributed by atoms with E-state index in [1.807, 2.05) is 0 Å². The highest BCUT2D eigenvalue weighted by Gasteiger charge is 2.28. The van der Waals surface area contributed by atoms with Crippen LogP contribution in [0.25, 0.3) is 0 Å². The van der Waals surface area contributed by atoms with Crippen molar-refractivity contribution in [1.29, 1.82) is 0 Å². The Balaban J connectivity index is 2.32. The Bertz CT molecular complexity index is 322. The zero-order valence-electron chi connectivity index (χ0n) is 12.9. The Labute approximate surface area is 119 Å². The lowest BCUT2D eigenvalue weighted by molar-refractivity contribution is 0.113. The predicted molar refractivity (Wildman–Crippen MR) is 84.4 cm³/mol. The third kappa shape index (κ3) is 4.63. The standard InChI is InChI=1S/C17H30N2/c1-4-17(5-2,15-18)19(3)14-10-9-13-16-11-7-6-8-12-16/h6-8,11-12H,4-5,9-10,13-15,18H2,1-3H3. The number of benzene rings is 1. The summed E-state index contributed by atoms with van der Waals surface area (Å²) in [4.78, 5) is 2.47. The van der Waals surface area contributed by atoms with Gasteiger partial charge in [0.15, 0.2) is 0 Å². The molecule has 0 heterocycles. The molecule has 0 radical (unpaired) electrons. The van der Waals surface area contributed by atoms with Crippen LogP contribution in [0.2, 0.25) is 0 Å². The van der Waals surface area contributed by atoms with Gasteiger partial charge in [-0.1, -0.05) is 44.2 Å². The third-order valence-corrected chi connectivity index (χ3v) is 4.56. The first-order valence-electron chi connectivity index (χ1n) is 7.63. The van der Waals surface area contributed by atoms with Gasteiger partial charge >= 0.3 is 0 Å². The molecule has 108 valence electrons. The molecule has 0 bridgehead atoms. The molecule has 0 spiro atoms. The van der Waals surface area contributed by atoms with Crippen molar-refractivity contribution >= 4 is 0 Å². The van der Waals surface area contributed by atoms with E-state index >= 15 is 0 Å². The first kappa shape index (κ1) is 16.2. The summed E-state index contributed by atoms with van der Waals surface area (Å²) in [5.41, 5.74) is 7.63. The molecule has 0 saturated heterocycles. The fourth-order valence-corrected chi connectivity index (χ4v) is 2.79. The van der Waals surface area contributed by atoms with Crippen LogP contribution in [0.5, 0.6) is 0 Å². The molecule has 1 aromatic carbocycles. The minimum absolute atomic E-state index is 0.201. The molecular formula is C17H30N2. The predicted octanol–water partition coefficient (Wildman–Crippen LogP) is 3.46. The van der Waals surface area contributed by atoms with Gasteiger partial charge in [0.2, 0.25) is 0 Å². The smallest absolute Gasteiger partial charge is 0.0323 e. The summed E-state index contributed by atoms with van der Waals surface area (Å²) in [6.45, 7) is 6.40. The lowest BCUT2D eigenvalue weighted by Crippen LogP contribution is -2.51. The van der Waals surface area contributed by atoms with Crippen LogP contribution in [0, 0.1) is 0 Å². The molecule has 2 N–H and O–H groups in total. The lowest BCUT2D eigenvalue weighted by Gasteiger charge is -2.40. The summed E-state index contributed by atoms with van der Waals surface area (Å²) in [5.74, 6) is 0. The van der Waals surface area contributed by atoms with Crippen molar-refractivity contribution in [3.63, 3.8) is 0 Å². The van der Waals surface area contributed by atoms with Gasteiger partial charge in [0.05, 0.1) is 0 Å². The molecule has 0 amide bonds. The lowest BCUT2D eigenvalue weighted by atomic mass is 9.91. The molecule has 0 aromatic heterocycles. The molecule has 0 aliphatic rings. The quantitative estimate of drug-likeness (QED) is 0.691. The molecular weight excluding hydrogens is 232 g/mol. The zero-order chi connectivity index (χ0) is 14.1. The largest absolute Gasteiger partial charge is 0.329 e. The summed E-state index contributed by atoms with van der Waals surface area (Å²) in [7, 11) is 2.22. The van der Waals surface area contributed by atoms with E-state index in [9.17, 15) is 0 Å². The molecule has 2 heteroatoms. The summed E-state index contributed by atoms with van der Waals surface area (Å²) in [6.07, 6.45) is 5.95. The molecule has 19 heavy (non-hydrogen) atoms. The molecule has 0 aliphatic carbocycles. The van der Waals surface area contributed by atoms with Crippen molar-refractivity contribution in [2.24, 2.45) is 5.73 Å². The molecule has 0 aliphatic heterocycles.